The third-order valence-electron chi connectivity index (χ3n) is 2.74. The second-order valence-corrected chi connectivity index (χ2v) is 4.31. The second kappa shape index (κ2) is 7.41. The fourth-order valence-electron chi connectivity index (χ4n) is 1.61. The SMILES string of the molecule is CCCNc1ccc(C(=O)NCC(=O)NC)cc1C. The van der Waals surface area contributed by atoms with Crippen LogP contribution < -0.4 is 16.0 Å². The fraction of sp³-hybridized carbons (Fsp3) is 0.429. The van der Waals surface area contributed by atoms with Gasteiger partial charge in [0.05, 0.1) is 6.54 Å². The van der Waals surface area contributed by atoms with E-state index in [0.717, 1.165) is 24.2 Å². The number of amides is 2. The van der Waals surface area contributed by atoms with Crippen LogP contribution in [0.2, 0.25) is 0 Å². The molecule has 0 unspecified atom stereocenters. The summed E-state index contributed by atoms with van der Waals surface area (Å²) < 4.78 is 0. The summed E-state index contributed by atoms with van der Waals surface area (Å²) in [7, 11) is 1.53. The van der Waals surface area contributed by atoms with Gasteiger partial charge in [0.1, 0.15) is 0 Å². The lowest BCUT2D eigenvalue weighted by Gasteiger charge is -2.10. The van der Waals surface area contributed by atoms with Crippen LogP contribution in [0.5, 0.6) is 0 Å². The highest BCUT2D eigenvalue weighted by molar-refractivity contribution is 5.97. The zero-order chi connectivity index (χ0) is 14.3. The van der Waals surface area contributed by atoms with Gasteiger partial charge in [-0.2, -0.15) is 0 Å². The number of rotatable bonds is 6. The van der Waals surface area contributed by atoms with Crippen molar-refractivity contribution in [1.82, 2.24) is 10.6 Å². The summed E-state index contributed by atoms with van der Waals surface area (Å²) in [6.07, 6.45) is 1.05. The lowest BCUT2D eigenvalue weighted by atomic mass is 10.1. The van der Waals surface area contributed by atoms with Crippen LogP contribution in [0.25, 0.3) is 0 Å². The Morgan fingerprint density at radius 1 is 1.26 bits per heavy atom. The fourth-order valence-corrected chi connectivity index (χ4v) is 1.61. The molecular weight excluding hydrogens is 242 g/mol. The van der Waals surface area contributed by atoms with Gasteiger partial charge in [0.15, 0.2) is 0 Å². The Hall–Kier alpha value is -2.04. The molecule has 0 spiro atoms. The van der Waals surface area contributed by atoms with E-state index < -0.39 is 0 Å². The lowest BCUT2D eigenvalue weighted by Crippen LogP contribution is -2.35. The maximum absolute atomic E-state index is 11.8. The third kappa shape index (κ3) is 4.62. The van der Waals surface area contributed by atoms with Gasteiger partial charge in [0.2, 0.25) is 5.91 Å². The largest absolute Gasteiger partial charge is 0.385 e. The number of aryl methyl sites for hydroxylation is 1. The van der Waals surface area contributed by atoms with Gasteiger partial charge in [0.25, 0.3) is 5.91 Å². The van der Waals surface area contributed by atoms with Gasteiger partial charge in [-0.15, -0.1) is 0 Å². The molecule has 104 valence electrons. The molecule has 19 heavy (non-hydrogen) atoms. The van der Waals surface area contributed by atoms with Gasteiger partial charge in [-0.05, 0) is 37.1 Å². The monoisotopic (exact) mass is 263 g/mol. The molecule has 1 aromatic rings. The van der Waals surface area contributed by atoms with Gasteiger partial charge < -0.3 is 16.0 Å². The molecule has 0 fully saturated rings. The summed E-state index contributed by atoms with van der Waals surface area (Å²) in [5.74, 6) is -0.458. The van der Waals surface area contributed by atoms with Crippen molar-refractivity contribution in [3.63, 3.8) is 0 Å². The van der Waals surface area contributed by atoms with Crippen molar-refractivity contribution in [3.8, 4) is 0 Å². The molecule has 3 N–H and O–H groups in total. The number of benzene rings is 1. The first kappa shape index (κ1) is 15.0. The summed E-state index contributed by atoms with van der Waals surface area (Å²) in [5.41, 5.74) is 2.61. The summed E-state index contributed by atoms with van der Waals surface area (Å²) in [6, 6.07) is 5.46. The minimum Gasteiger partial charge on any atom is -0.385 e. The molecule has 0 radical (unpaired) electrons. The van der Waals surface area contributed by atoms with E-state index in [4.69, 9.17) is 0 Å². The zero-order valence-electron chi connectivity index (χ0n) is 11.7. The first-order valence-corrected chi connectivity index (χ1v) is 6.41. The minimum atomic E-state index is -0.242. The Kier molecular flexibility index (Phi) is 5.85. The van der Waals surface area contributed by atoms with E-state index in [2.05, 4.69) is 22.9 Å². The van der Waals surface area contributed by atoms with Gasteiger partial charge >= 0.3 is 0 Å². The van der Waals surface area contributed by atoms with Crippen molar-refractivity contribution in [2.75, 3.05) is 25.5 Å². The van der Waals surface area contributed by atoms with Gasteiger partial charge in [-0.1, -0.05) is 6.92 Å². The third-order valence-corrected chi connectivity index (χ3v) is 2.74. The molecule has 0 heterocycles. The molecule has 0 aromatic heterocycles. The van der Waals surface area contributed by atoms with Gasteiger partial charge in [-0.3, -0.25) is 9.59 Å². The topological polar surface area (TPSA) is 70.2 Å². The number of hydrogen-bond acceptors (Lipinski definition) is 3. The molecule has 1 aromatic carbocycles. The summed E-state index contributed by atoms with van der Waals surface area (Å²) in [5, 5.41) is 8.31. The van der Waals surface area contributed by atoms with Crippen molar-refractivity contribution in [2.45, 2.75) is 20.3 Å². The second-order valence-electron chi connectivity index (χ2n) is 4.31. The molecule has 5 heteroatoms. The predicted octanol–water partition coefficient (Wildman–Crippen LogP) is 1.29. The molecule has 0 aliphatic rings. The number of anilines is 1. The molecule has 1 rings (SSSR count). The molecule has 0 aliphatic heterocycles. The molecule has 0 bridgehead atoms. The highest BCUT2D eigenvalue weighted by atomic mass is 16.2. The van der Waals surface area contributed by atoms with E-state index in [9.17, 15) is 9.59 Å². The van der Waals surface area contributed by atoms with Gasteiger partial charge in [-0.25, -0.2) is 0 Å². The van der Waals surface area contributed by atoms with Crippen LogP contribution in [-0.2, 0) is 4.79 Å². The Labute approximate surface area is 113 Å². The summed E-state index contributed by atoms with van der Waals surface area (Å²) in [6.45, 7) is 4.95. The maximum Gasteiger partial charge on any atom is 0.251 e. The van der Waals surface area contributed by atoms with Crippen LogP contribution in [0.15, 0.2) is 18.2 Å². The maximum atomic E-state index is 11.8. The van der Waals surface area contributed by atoms with Crippen molar-refractivity contribution in [1.29, 1.82) is 0 Å². The minimum absolute atomic E-state index is 0.00971. The Balaban J connectivity index is 2.66. The summed E-state index contributed by atoms with van der Waals surface area (Å²) in [4.78, 5) is 22.9. The number of carbonyl (C=O) groups excluding carboxylic acids is 2. The van der Waals surface area contributed by atoms with Crippen LogP contribution >= 0.6 is 0 Å². The van der Waals surface area contributed by atoms with Crippen LogP contribution in [-0.4, -0.2) is 32.0 Å². The molecule has 0 saturated carbocycles. The lowest BCUT2D eigenvalue weighted by molar-refractivity contribution is -0.119. The Morgan fingerprint density at radius 2 is 2.00 bits per heavy atom. The van der Waals surface area contributed by atoms with Crippen LogP contribution in [0.3, 0.4) is 0 Å². The highest BCUT2D eigenvalue weighted by Gasteiger charge is 2.08. The molecule has 0 atom stereocenters. The molecule has 2 amide bonds. The standard InChI is InChI=1S/C14H21N3O2/c1-4-7-16-12-6-5-11(8-10(12)2)14(19)17-9-13(18)15-3/h5-6,8,16H,4,7,9H2,1-3H3,(H,15,18)(H,17,19). The van der Waals surface area contributed by atoms with Crippen molar-refractivity contribution < 1.29 is 9.59 Å². The molecule has 5 nitrogen and oxygen atoms in total. The van der Waals surface area contributed by atoms with Gasteiger partial charge in [0, 0.05) is 24.8 Å². The molecular formula is C14H21N3O2. The summed E-state index contributed by atoms with van der Waals surface area (Å²) >= 11 is 0. The molecule has 0 saturated heterocycles. The first-order chi connectivity index (χ1) is 9.08. The predicted molar refractivity (Wildman–Crippen MR) is 76.4 cm³/mol. The smallest absolute Gasteiger partial charge is 0.251 e. The Morgan fingerprint density at radius 3 is 2.58 bits per heavy atom. The number of hydrogen-bond donors (Lipinski definition) is 3. The van der Waals surface area contributed by atoms with E-state index >= 15 is 0 Å². The van der Waals surface area contributed by atoms with E-state index in [1.54, 1.807) is 6.07 Å². The van der Waals surface area contributed by atoms with Crippen LogP contribution in [0.4, 0.5) is 5.69 Å². The number of carbonyl (C=O) groups is 2. The highest BCUT2D eigenvalue weighted by Crippen LogP contribution is 2.16. The number of nitrogens with one attached hydrogen (secondary N) is 3. The van der Waals surface area contributed by atoms with E-state index in [1.165, 1.54) is 7.05 Å². The van der Waals surface area contributed by atoms with Crippen molar-refractivity contribution >= 4 is 17.5 Å². The first-order valence-electron chi connectivity index (χ1n) is 6.41. The average Bonchev–Trinajstić information content (AvgIpc) is 2.42. The normalized spacial score (nSPS) is 9.84. The zero-order valence-corrected chi connectivity index (χ0v) is 11.7. The van der Waals surface area contributed by atoms with E-state index in [1.807, 2.05) is 19.1 Å². The quantitative estimate of drug-likeness (QED) is 0.724. The van der Waals surface area contributed by atoms with Crippen LogP contribution in [0, 0.1) is 6.92 Å². The Bertz CT molecular complexity index is 458. The van der Waals surface area contributed by atoms with E-state index in [0.29, 0.717) is 5.56 Å². The van der Waals surface area contributed by atoms with Crippen molar-refractivity contribution in [2.24, 2.45) is 0 Å². The average molecular weight is 263 g/mol. The van der Waals surface area contributed by atoms with Crippen molar-refractivity contribution in [3.05, 3.63) is 29.3 Å². The van der Waals surface area contributed by atoms with Crippen LogP contribution in [0.1, 0.15) is 29.3 Å². The molecule has 0 aliphatic carbocycles. The number of likely N-dealkylation sites (N-methyl/N-ethyl adjacent to an activating group) is 1. The van der Waals surface area contributed by atoms with E-state index in [-0.39, 0.29) is 18.4 Å².